The van der Waals surface area contributed by atoms with Gasteiger partial charge in [-0.2, -0.15) is 0 Å². The minimum atomic E-state index is -0.956. The van der Waals surface area contributed by atoms with Gasteiger partial charge in [0.25, 0.3) is 0 Å². The van der Waals surface area contributed by atoms with Crippen LogP contribution in [0.1, 0.15) is 24.2 Å². The lowest BCUT2D eigenvalue weighted by Gasteiger charge is -2.43. The molecule has 1 fully saturated rings. The molecule has 0 atom stereocenters. The van der Waals surface area contributed by atoms with E-state index in [0.29, 0.717) is 11.7 Å². The third kappa shape index (κ3) is 2.28. The number of rotatable bonds is 4. The Hall–Kier alpha value is -1.71. The number of carboxylic acid groups (broad SMARTS) is 1. The number of carbonyl (C=O) groups is 1. The summed E-state index contributed by atoms with van der Waals surface area (Å²) in [5.41, 5.74) is 1.25. The molecule has 1 heterocycles. The summed E-state index contributed by atoms with van der Waals surface area (Å²) in [6, 6.07) is 5.27. The van der Waals surface area contributed by atoms with Crippen LogP contribution in [0.25, 0.3) is 0 Å². The normalized spacial score (nSPS) is 15.7. The zero-order chi connectivity index (χ0) is 13.3. The summed E-state index contributed by atoms with van der Waals surface area (Å²) in [7, 11) is 1.50. The Bertz CT molecular complexity index is 450. The van der Waals surface area contributed by atoms with Gasteiger partial charge in [0.1, 0.15) is 11.3 Å². The Morgan fingerprint density at radius 2 is 2.11 bits per heavy atom. The number of benzene rings is 1. The summed E-state index contributed by atoms with van der Waals surface area (Å²) in [5.74, 6) is 0.895. The molecule has 1 N–H and O–H groups in total. The topological polar surface area (TPSA) is 49.8 Å². The third-order valence-electron chi connectivity index (χ3n) is 3.63. The number of anilines is 1. The maximum Gasteiger partial charge on any atom is 0.339 e. The summed E-state index contributed by atoms with van der Waals surface area (Å²) in [5, 5.41) is 9.02. The molecule has 0 aliphatic carbocycles. The summed E-state index contributed by atoms with van der Waals surface area (Å²) in [4.78, 5) is 13.2. The minimum Gasteiger partial charge on any atom is -0.496 e. The molecule has 1 aromatic rings. The third-order valence-corrected chi connectivity index (χ3v) is 3.63. The van der Waals surface area contributed by atoms with Gasteiger partial charge in [-0.15, -0.1) is 0 Å². The van der Waals surface area contributed by atoms with Crippen molar-refractivity contribution in [1.82, 2.24) is 0 Å². The minimum absolute atomic E-state index is 0.210. The first-order valence-corrected chi connectivity index (χ1v) is 6.19. The van der Waals surface area contributed by atoms with Gasteiger partial charge in [-0.25, -0.2) is 4.79 Å². The number of hydrogen-bond acceptors (Lipinski definition) is 3. The van der Waals surface area contributed by atoms with Crippen molar-refractivity contribution in [2.75, 3.05) is 25.1 Å². The summed E-state index contributed by atoms with van der Waals surface area (Å²) in [6.07, 6.45) is 0. The zero-order valence-corrected chi connectivity index (χ0v) is 11.0. The first kappa shape index (κ1) is 12.7. The predicted octanol–water partition coefficient (Wildman–Crippen LogP) is 2.49. The smallest absolute Gasteiger partial charge is 0.339 e. The van der Waals surface area contributed by atoms with Gasteiger partial charge < -0.3 is 14.7 Å². The van der Waals surface area contributed by atoms with Gasteiger partial charge in [-0.3, -0.25) is 0 Å². The van der Waals surface area contributed by atoms with Crippen LogP contribution in [0.3, 0.4) is 0 Å². The number of nitrogens with zero attached hydrogens (tertiary/aromatic N) is 1. The molecule has 18 heavy (non-hydrogen) atoms. The zero-order valence-electron chi connectivity index (χ0n) is 11.0. The number of hydrogen-bond donors (Lipinski definition) is 1. The van der Waals surface area contributed by atoms with Crippen LogP contribution in [-0.4, -0.2) is 31.3 Å². The van der Waals surface area contributed by atoms with Gasteiger partial charge in [-0.05, 0) is 24.0 Å². The van der Waals surface area contributed by atoms with Gasteiger partial charge in [0, 0.05) is 24.8 Å². The fraction of sp³-hybridized carbons (Fsp3) is 0.500. The molecule has 2 rings (SSSR count). The fourth-order valence-corrected chi connectivity index (χ4v) is 2.20. The fourth-order valence-electron chi connectivity index (χ4n) is 2.20. The van der Waals surface area contributed by atoms with E-state index < -0.39 is 5.97 Å². The van der Waals surface area contributed by atoms with Crippen LogP contribution < -0.4 is 9.64 Å². The molecule has 0 bridgehead atoms. The molecule has 1 aliphatic heterocycles. The second-order valence-corrected chi connectivity index (χ2v) is 5.10. The maximum absolute atomic E-state index is 11.0. The van der Waals surface area contributed by atoms with E-state index in [1.807, 2.05) is 6.07 Å². The van der Waals surface area contributed by atoms with Gasteiger partial charge in [0.2, 0.25) is 0 Å². The van der Waals surface area contributed by atoms with Gasteiger partial charge in [-0.1, -0.05) is 13.8 Å². The summed E-state index contributed by atoms with van der Waals surface area (Å²) >= 11 is 0. The number of ether oxygens (including phenoxy) is 1. The number of methoxy groups -OCH3 is 1. The molecule has 0 unspecified atom stereocenters. The van der Waals surface area contributed by atoms with Crippen molar-refractivity contribution in [3.05, 3.63) is 23.8 Å². The van der Waals surface area contributed by atoms with E-state index in [4.69, 9.17) is 9.84 Å². The Balaban J connectivity index is 2.14. The number of carboxylic acids is 1. The molecule has 98 valence electrons. The van der Waals surface area contributed by atoms with E-state index >= 15 is 0 Å². The Morgan fingerprint density at radius 1 is 1.44 bits per heavy atom. The van der Waals surface area contributed by atoms with Crippen LogP contribution in [0.15, 0.2) is 18.2 Å². The summed E-state index contributed by atoms with van der Waals surface area (Å²) < 4.78 is 5.13. The van der Waals surface area contributed by atoms with E-state index in [2.05, 4.69) is 18.7 Å². The van der Waals surface area contributed by atoms with Crippen molar-refractivity contribution in [1.29, 1.82) is 0 Å². The lowest BCUT2D eigenvalue weighted by molar-refractivity contribution is 0.0693. The van der Waals surface area contributed by atoms with Crippen LogP contribution in [0.2, 0.25) is 0 Å². The van der Waals surface area contributed by atoms with Crippen molar-refractivity contribution in [3.8, 4) is 5.75 Å². The Kier molecular flexibility index (Phi) is 3.45. The first-order valence-electron chi connectivity index (χ1n) is 6.19. The molecule has 4 nitrogen and oxygen atoms in total. The molecule has 1 aliphatic rings. The molecule has 0 spiro atoms. The number of aromatic carboxylic acids is 1. The molecular formula is C14H19NO3. The van der Waals surface area contributed by atoms with Crippen molar-refractivity contribution in [2.24, 2.45) is 11.8 Å². The molecule has 0 saturated carbocycles. The van der Waals surface area contributed by atoms with E-state index in [1.54, 1.807) is 12.1 Å². The molecule has 0 radical (unpaired) electrons. The first-order chi connectivity index (χ1) is 8.52. The van der Waals surface area contributed by atoms with Crippen LogP contribution in [0.5, 0.6) is 5.75 Å². The van der Waals surface area contributed by atoms with Crippen LogP contribution >= 0.6 is 0 Å². The van der Waals surface area contributed by atoms with Crippen LogP contribution in [0.4, 0.5) is 5.69 Å². The Morgan fingerprint density at radius 3 is 2.61 bits per heavy atom. The highest BCUT2D eigenvalue weighted by Gasteiger charge is 2.29. The maximum atomic E-state index is 11.0. The molecule has 4 heteroatoms. The molecule has 1 aromatic carbocycles. The quantitative estimate of drug-likeness (QED) is 0.890. The standard InChI is InChI=1S/C14H19NO3/c1-9(2)10-7-15(8-10)11-4-5-12(14(16)17)13(6-11)18-3/h4-6,9-10H,7-8H2,1-3H3,(H,16,17). The average Bonchev–Trinajstić information content (AvgIpc) is 2.25. The molecular weight excluding hydrogens is 230 g/mol. The van der Waals surface area contributed by atoms with Gasteiger partial charge >= 0.3 is 5.97 Å². The highest BCUT2D eigenvalue weighted by molar-refractivity contribution is 5.91. The molecule has 0 amide bonds. The second-order valence-electron chi connectivity index (χ2n) is 5.10. The average molecular weight is 249 g/mol. The van der Waals surface area contributed by atoms with Crippen LogP contribution in [0, 0.1) is 11.8 Å². The van der Waals surface area contributed by atoms with Crippen molar-refractivity contribution in [3.63, 3.8) is 0 Å². The van der Waals surface area contributed by atoms with E-state index in [9.17, 15) is 4.79 Å². The second kappa shape index (κ2) is 4.88. The van der Waals surface area contributed by atoms with Gasteiger partial charge in [0.05, 0.1) is 7.11 Å². The lowest BCUT2D eigenvalue weighted by Crippen LogP contribution is -2.49. The molecule has 0 aromatic heterocycles. The van der Waals surface area contributed by atoms with E-state index in [0.717, 1.165) is 24.7 Å². The van der Waals surface area contributed by atoms with E-state index in [1.165, 1.54) is 7.11 Å². The van der Waals surface area contributed by atoms with Crippen molar-refractivity contribution in [2.45, 2.75) is 13.8 Å². The van der Waals surface area contributed by atoms with Crippen molar-refractivity contribution < 1.29 is 14.6 Å². The largest absolute Gasteiger partial charge is 0.496 e. The molecule has 1 saturated heterocycles. The van der Waals surface area contributed by atoms with E-state index in [-0.39, 0.29) is 5.56 Å². The Labute approximate surface area is 107 Å². The monoisotopic (exact) mass is 249 g/mol. The highest BCUT2D eigenvalue weighted by atomic mass is 16.5. The SMILES string of the molecule is COc1cc(N2CC(C(C)C)C2)ccc1C(=O)O. The van der Waals surface area contributed by atoms with Crippen LogP contribution in [-0.2, 0) is 0 Å². The highest BCUT2D eigenvalue weighted by Crippen LogP contribution is 2.32. The predicted molar refractivity (Wildman–Crippen MR) is 70.5 cm³/mol. The van der Waals surface area contributed by atoms with Crippen molar-refractivity contribution >= 4 is 11.7 Å². The lowest BCUT2D eigenvalue weighted by atomic mass is 9.88. The van der Waals surface area contributed by atoms with Gasteiger partial charge in [0.15, 0.2) is 0 Å². The summed E-state index contributed by atoms with van der Waals surface area (Å²) in [6.45, 7) is 6.53.